The highest BCUT2D eigenvalue weighted by Gasteiger charge is 2.44. The van der Waals surface area contributed by atoms with Gasteiger partial charge >= 0.3 is 5.97 Å². The van der Waals surface area contributed by atoms with E-state index in [2.05, 4.69) is 55.6 Å². The summed E-state index contributed by atoms with van der Waals surface area (Å²) in [6.45, 7) is 4.31. The van der Waals surface area contributed by atoms with E-state index >= 15 is 0 Å². The van der Waals surface area contributed by atoms with Crippen LogP contribution in [0.1, 0.15) is 348 Å². The van der Waals surface area contributed by atoms with Crippen LogP contribution in [0.3, 0.4) is 0 Å². The van der Waals surface area contributed by atoms with Crippen LogP contribution in [0.5, 0.6) is 0 Å². The van der Waals surface area contributed by atoms with Crippen molar-refractivity contribution in [3.63, 3.8) is 0 Å². The predicted molar refractivity (Wildman–Crippen MR) is 357 cm³/mol. The number of carbonyl (C=O) groups excluding carboxylic acids is 2. The zero-order chi connectivity index (χ0) is 61.6. The van der Waals surface area contributed by atoms with Crippen molar-refractivity contribution in [2.75, 3.05) is 19.8 Å². The summed E-state index contributed by atoms with van der Waals surface area (Å²) in [6, 6.07) is -0.807. The third-order valence-electron chi connectivity index (χ3n) is 17.2. The third kappa shape index (κ3) is 52.1. The summed E-state index contributed by atoms with van der Waals surface area (Å²) < 4.78 is 16.7. The highest BCUT2D eigenvalue weighted by molar-refractivity contribution is 5.76. The number of carbonyl (C=O) groups is 2. The summed E-state index contributed by atoms with van der Waals surface area (Å²) in [5, 5.41) is 54.4. The van der Waals surface area contributed by atoms with Gasteiger partial charge < -0.3 is 45.1 Å². The van der Waals surface area contributed by atoms with Gasteiger partial charge in [0.15, 0.2) is 6.29 Å². The second-order valence-electron chi connectivity index (χ2n) is 25.3. The fraction of sp³-hybridized carbons (Fsp3) is 0.865. The van der Waals surface area contributed by atoms with Crippen molar-refractivity contribution in [3.05, 3.63) is 48.6 Å². The summed E-state index contributed by atoms with van der Waals surface area (Å²) >= 11 is 0. The normalized spacial score (nSPS) is 18.2. The van der Waals surface area contributed by atoms with Gasteiger partial charge in [-0.2, -0.15) is 0 Å². The largest absolute Gasteiger partial charge is 0.466 e. The summed E-state index contributed by atoms with van der Waals surface area (Å²) in [7, 11) is 0. The number of hydrogen-bond donors (Lipinski definition) is 6. The fourth-order valence-electron chi connectivity index (χ4n) is 11.4. The molecule has 1 saturated heterocycles. The van der Waals surface area contributed by atoms with Gasteiger partial charge in [-0.1, -0.05) is 300 Å². The molecule has 0 aromatic carbocycles. The fourth-order valence-corrected chi connectivity index (χ4v) is 11.4. The van der Waals surface area contributed by atoms with Gasteiger partial charge in [-0.05, 0) is 83.5 Å². The first-order valence-corrected chi connectivity index (χ1v) is 36.4. The first-order valence-electron chi connectivity index (χ1n) is 36.4. The number of aliphatic hydroxyl groups excluding tert-OH is 5. The minimum Gasteiger partial charge on any atom is -0.466 e. The third-order valence-corrected chi connectivity index (χ3v) is 17.2. The lowest BCUT2D eigenvalue weighted by Gasteiger charge is -2.40. The average molecular weight is 1200 g/mol. The summed E-state index contributed by atoms with van der Waals surface area (Å²) in [6.07, 6.45) is 72.7. The van der Waals surface area contributed by atoms with E-state index in [1.807, 2.05) is 6.08 Å². The molecule has 1 rings (SSSR count). The lowest BCUT2D eigenvalue weighted by molar-refractivity contribution is -0.302. The Hall–Kier alpha value is -2.38. The maximum Gasteiger partial charge on any atom is 0.305 e. The SMILES string of the molecule is CCCC/C=C\C/C=C\CCCCCCCC(=O)OCCCCCCCCCCCCCC/C=C\CCCCCCCCCCCCCCCCCCCC(=O)NC(COC1OC(CO)C(O)C(O)C1O)C(O)/C=C/CCCCCCCCCC. The molecule has 85 heavy (non-hydrogen) atoms. The smallest absolute Gasteiger partial charge is 0.305 e. The van der Waals surface area contributed by atoms with Crippen molar-refractivity contribution < 1.29 is 49.3 Å². The number of ether oxygens (including phenoxy) is 3. The van der Waals surface area contributed by atoms with Gasteiger partial charge in [0.2, 0.25) is 5.91 Å². The van der Waals surface area contributed by atoms with Gasteiger partial charge in [0.05, 0.1) is 32.0 Å². The molecule has 498 valence electrons. The van der Waals surface area contributed by atoms with E-state index in [0.717, 1.165) is 64.2 Å². The van der Waals surface area contributed by atoms with Crippen LogP contribution in [0.15, 0.2) is 48.6 Å². The van der Waals surface area contributed by atoms with E-state index in [4.69, 9.17) is 14.2 Å². The monoisotopic (exact) mass is 1200 g/mol. The maximum atomic E-state index is 13.0. The van der Waals surface area contributed by atoms with Crippen molar-refractivity contribution in [2.45, 2.75) is 391 Å². The predicted octanol–water partition coefficient (Wildman–Crippen LogP) is 18.7. The maximum absolute atomic E-state index is 13.0. The van der Waals surface area contributed by atoms with Crippen molar-refractivity contribution >= 4 is 11.9 Å². The molecule has 0 spiro atoms. The number of unbranched alkanes of at least 4 members (excludes halogenated alkanes) is 44. The first kappa shape index (κ1) is 80.6. The molecule has 0 aromatic heterocycles. The Morgan fingerprint density at radius 2 is 0.800 bits per heavy atom. The molecule has 1 amide bonds. The molecule has 1 aliphatic heterocycles. The Morgan fingerprint density at radius 1 is 0.435 bits per heavy atom. The summed E-state index contributed by atoms with van der Waals surface area (Å²) in [4.78, 5) is 25.1. The highest BCUT2D eigenvalue weighted by Crippen LogP contribution is 2.23. The molecular weight excluding hydrogens is 1060 g/mol. The number of aliphatic hydroxyl groups is 5. The first-order chi connectivity index (χ1) is 41.7. The minimum absolute atomic E-state index is 0.00328. The Bertz CT molecular complexity index is 1550. The van der Waals surface area contributed by atoms with Gasteiger partial charge in [0.25, 0.3) is 0 Å². The molecule has 0 aromatic rings. The molecule has 1 fully saturated rings. The van der Waals surface area contributed by atoms with Crippen LogP contribution in [0, 0.1) is 0 Å². The van der Waals surface area contributed by atoms with E-state index < -0.39 is 49.5 Å². The molecule has 11 heteroatoms. The number of nitrogens with one attached hydrogen (secondary N) is 1. The summed E-state index contributed by atoms with van der Waals surface area (Å²) in [5.41, 5.74) is 0. The Morgan fingerprint density at radius 3 is 1.24 bits per heavy atom. The van der Waals surface area contributed by atoms with Crippen molar-refractivity contribution in [3.8, 4) is 0 Å². The summed E-state index contributed by atoms with van der Waals surface area (Å²) in [5.74, 6) is -0.182. The Kier molecular flexibility index (Phi) is 60.0. The molecule has 1 heterocycles. The number of hydrogen-bond acceptors (Lipinski definition) is 10. The van der Waals surface area contributed by atoms with Crippen molar-refractivity contribution in [1.29, 1.82) is 0 Å². The molecule has 7 unspecified atom stereocenters. The van der Waals surface area contributed by atoms with Crippen molar-refractivity contribution in [1.82, 2.24) is 5.32 Å². The number of allylic oxidation sites excluding steroid dienone is 7. The van der Waals surface area contributed by atoms with E-state index in [-0.39, 0.29) is 18.5 Å². The van der Waals surface area contributed by atoms with Crippen LogP contribution in [-0.2, 0) is 23.8 Å². The topological polar surface area (TPSA) is 175 Å². The van der Waals surface area contributed by atoms with Crippen LogP contribution in [0.25, 0.3) is 0 Å². The second-order valence-corrected chi connectivity index (χ2v) is 25.3. The van der Waals surface area contributed by atoms with Crippen LogP contribution in [0.4, 0.5) is 0 Å². The van der Waals surface area contributed by atoms with Crippen LogP contribution < -0.4 is 5.32 Å². The molecule has 6 N–H and O–H groups in total. The highest BCUT2D eigenvalue weighted by atomic mass is 16.7. The Labute approximate surface area is 523 Å². The van der Waals surface area contributed by atoms with Crippen LogP contribution >= 0.6 is 0 Å². The molecule has 0 aliphatic carbocycles. The zero-order valence-electron chi connectivity index (χ0n) is 55.3. The van der Waals surface area contributed by atoms with E-state index in [0.29, 0.717) is 19.4 Å². The lowest BCUT2D eigenvalue weighted by Crippen LogP contribution is -2.60. The van der Waals surface area contributed by atoms with Gasteiger partial charge in [-0.25, -0.2) is 0 Å². The van der Waals surface area contributed by atoms with Crippen LogP contribution in [0.2, 0.25) is 0 Å². The molecule has 0 radical (unpaired) electrons. The van der Waals surface area contributed by atoms with E-state index in [1.165, 1.54) is 257 Å². The van der Waals surface area contributed by atoms with Crippen LogP contribution in [-0.4, -0.2) is 100 Å². The van der Waals surface area contributed by atoms with Gasteiger partial charge in [0.1, 0.15) is 24.4 Å². The standard InChI is InChI=1S/C74H137NO10/c1-3-5-7-9-11-13-15-16-39-42-46-50-54-58-62-70(79)83-63-59-55-51-47-43-40-37-35-33-31-29-27-25-23-21-19-17-18-20-22-24-26-28-30-32-34-36-38-41-45-49-53-57-61-69(78)75-66(65-84-74-73(82)72(81)71(80)68(64-76)85-74)67(77)60-56-52-48-44-14-12-10-8-6-4-2/h9,11,15-16,21,23,56,60,66-68,71-74,76-77,80-82H,3-8,10,12-14,17-20,22,24-55,57-59,61-65H2,1-2H3,(H,75,78)/b11-9-,16-15-,23-21-,60-56+. The molecule has 7 atom stereocenters. The van der Waals surface area contributed by atoms with Gasteiger partial charge in [-0.15, -0.1) is 0 Å². The zero-order valence-corrected chi connectivity index (χ0v) is 55.3. The molecule has 1 aliphatic rings. The Balaban J connectivity index is 1.91. The quantitative estimate of drug-likeness (QED) is 0.0195. The lowest BCUT2D eigenvalue weighted by atomic mass is 9.99. The van der Waals surface area contributed by atoms with E-state index in [1.54, 1.807) is 6.08 Å². The molecule has 0 saturated carbocycles. The second kappa shape index (κ2) is 63.2. The van der Waals surface area contributed by atoms with Gasteiger partial charge in [-0.3, -0.25) is 9.59 Å². The molecular formula is C74H137NO10. The average Bonchev–Trinajstić information content (AvgIpc) is 3.33. The number of amides is 1. The van der Waals surface area contributed by atoms with Crippen molar-refractivity contribution in [2.24, 2.45) is 0 Å². The molecule has 11 nitrogen and oxygen atoms in total. The minimum atomic E-state index is -1.57. The van der Waals surface area contributed by atoms with E-state index in [9.17, 15) is 35.1 Å². The van der Waals surface area contributed by atoms with Gasteiger partial charge in [0, 0.05) is 12.8 Å². The number of rotatable bonds is 64. The number of esters is 1. The molecule has 0 bridgehead atoms.